The molecule has 2 atom stereocenters. The quantitative estimate of drug-likeness (QED) is 0.708. The van der Waals surface area contributed by atoms with Gasteiger partial charge in [0.25, 0.3) is 0 Å². The Morgan fingerprint density at radius 3 is 2.07 bits per heavy atom. The van der Waals surface area contributed by atoms with Crippen LogP contribution in [-0.4, -0.2) is 33.9 Å². The summed E-state index contributed by atoms with van der Waals surface area (Å²) in [4.78, 5) is 28.5. The maximum atomic E-state index is 13.5. The molecule has 1 saturated carbocycles. The Morgan fingerprint density at radius 2 is 1.57 bits per heavy atom. The second kappa shape index (κ2) is 9.25. The summed E-state index contributed by atoms with van der Waals surface area (Å²) >= 11 is 1.75. The molecule has 1 heterocycles. The number of amides is 2. The standard InChI is InChI=1S/C25H30N2O2S/c1-17(2)15-22-27(25(29)20-13-14-20)21(16-30-22)24(28)26-23(18-9-5-3-6-10-18)19-11-7-4-8-12-19/h3-12,17,20-23H,13-16H2,1-2H3,(H,26,28). The molecule has 0 bridgehead atoms. The zero-order chi connectivity index (χ0) is 21.1. The molecule has 0 aromatic heterocycles. The summed E-state index contributed by atoms with van der Waals surface area (Å²) in [5.41, 5.74) is 2.09. The van der Waals surface area contributed by atoms with E-state index < -0.39 is 6.04 Å². The highest BCUT2D eigenvalue weighted by atomic mass is 32.2. The summed E-state index contributed by atoms with van der Waals surface area (Å²) in [6.07, 6.45) is 2.84. The van der Waals surface area contributed by atoms with Crippen LogP contribution in [0.5, 0.6) is 0 Å². The van der Waals surface area contributed by atoms with Crippen LogP contribution in [0.4, 0.5) is 0 Å². The van der Waals surface area contributed by atoms with E-state index in [4.69, 9.17) is 0 Å². The number of nitrogens with zero attached hydrogens (tertiary/aromatic N) is 1. The van der Waals surface area contributed by atoms with Crippen LogP contribution >= 0.6 is 11.8 Å². The highest BCUT2D eigenvalue weighted by molar-refractivity contribution is 8.00. The minimum atomic E-state index is -0.401. The van der Waals surface area contributed by atoms with E-state index in [2.05, 4.69) is 19.2 Å². The summed E-state index contributed by atoms with van der Waals surface area (Å²) in [5.74, 6) is 1.38. The van der Waals surface area contributed by atoms with E-state index in [1.54, 1.807) is 11.8 Å². The van der Waals surface area contributed by atoms with Crippen LogP contribution in [0.1, 0.15) is 50.3 Å². The van der Waals surface area contributed by atoms with Gasteiger partial charge in [0, 0.05) is 11.7 Å². The van der Waals surface area contributed by atoms with Gasteiger partial charge in [0.15, 0.2) is 0 Å². The van der Waals surface area contributed by atoms with Crippen LogP contribution in [0.25, 0.3) is 0 Å². The molecule has 1 aliphatic carbocycles. The fourth-order valence-electron chi connectivity index (χ4n) is 4.08. The number of carbonyl (C=O) groups is 2. The number of carbonyl (C=O) groups excluding carboxylic acids is 2. The van der Waals surface area contributed by atoms with Crippen molar-refractivity contribution in [3.63, 3.8) is 0 Å². The Bertz CT molecular complexity index is 828. The van der Waals surface area contributed by atoms with E-state index in [1.165, 1.54) is 0 Å². The Morgan fingerprint density at radius 1 is 1.00 bits per heavy atom. The van der Waals surface area contributed by atoms with E-state index in [9.17, 15) is 9.59 Å². The first-order valence-corrected chi connectivity index (χ1v) is 11.9. The first kappa shape index (κ1) is 21.0. The summed E-state index contributed by atoms with van der Waals surface area (Å²) < 4.78 is 0. The van der Waals surface area contributed by atoms with Crippen LogP contribution < -0.4 is 5.32 Å². The van der Waals surface area contributed by atoms with E-state index in [-0.39, 0.29) is 29.1 Å². The number of hydrogen-bond acceptors (Lipinski definition) is 3. The SMILES string of the molecule is CC(C)CC1SCC(C(=O)NC(c2ccccc2)c2ccccc2)N1C(=O)C1CC1. The van der Waals surface area contributed by atoms with Crippen molar-refractivity contribution in [2.45, 2.75) is 50.6 Å². The molecule has 4 nitrogen and oxygen atoms in total. The molecule has 2 aromatic carbocycles. The fraction of sp³-hybridized carbons (Fsp3) is 0.440. The van der Waals surface area contributed by atoms with Gasteiger partial charge in [0.2, 0.25) is 11.8 Å². The van der Waals surface area contributed by atoms with Crippen molar-refractivity contribution >= 4 is 23.6 Å². The Hall–Kier alpha value is -2.27. The maximum Gasteiger partial charge on any atom is 0.244 e. The molecule has 2 amide bonds. The summed E-state index contributed by atoms with van der Waals surface area (Å²) in [6, 6.07) is 19.4. The second-order valence-corrected chi connectivity index (χ2v) is 9.93. The molecule has 30 heavy (non-hydrogen) atoms. The lowest BCUT2D eigenvalue weighted by molar-refractivity contribution is -0.141. The van der Waals surface area contributed by atoms with Crippen molar-refractivity contribution in [2.24, 2.45) is 11.8 Å². The highest BCUT2D eigenvalue weighted by Crippen LogP contribution is 2.40. The Kier molecular flexibility index (Phi) is 6.47. The number of benzene rings is 2. The molecule has 0 spiro atoms. The lowest BCUT2D eigenvalue weighted by atomic mass is 9.98. The van der Waals surface area contributed by atoms with Crippen molar-refractivity contribution in [3.05, 3.63) is 71.8 Å². The molecule has 1 saturated heterocycles. The average Bonchev–Trinajstić information content (AvgIpc) is 3.53. The lowest BCUT2D eigenvalue weighted by Crippen LogP contribution is -2.51. The summed E-state index contributed by atoms with van der Waals surface area (Å²) in [6.45, 7) is 4.35. The van der Waals surface area contributed by atoms with Gasteiger partial charge >= 0.3 is 0 Å². The molecule has 2 aliphatic rings. The number of rotatable bonds is 7. The normalized spacial score (nSPS) is 21.3. The van der Waals surface area contributed by atoms with Crippen LogP contribution in [-0.2, 0) is 9.59 Å². The zero-order valence-electron chi connectivity index (χ0n) is 17.7. The third-order valence-corrected chi connectivity index (χ3v) is 7.11. The molecule has 158 valence electrons. The fourth-order valence-corrected chi connectivity index (χ4v) is 5.72. The topological polar surface area (TPSA) is 49.4 Å². The van der Waals surface area contributed by atoms with Gasteiger partial charge in [-0.25, -0.2) is 0 Å². The van der Waals surface area contributed by atoms with Gasteiger partial charge in [0.1, 0.15) is 6.04 Å². The average molecular weight is 423 g/mol. The van der Waals surface area contributed by atoms with Crippen LogP contribution in [0.3, 0.4) is 0 Å². The van der Waals surface area contributed by atoms with Gasteiger partial charge in [0.05, 0.1) is 11.4 Å². The third-order valence-electron chi connectivity index (χ3n) is 5.80. The van der Waals surface area contributed by atoms with Gasteiger partial charge < -0.3 is 10.2 Å². The molecule has 5 heteroatoms. The molecular weight excluding hydrogens is 392 g/mol. The lowest BCUT2D eigenvalue weighted by Gasteiger charge is -2.31. The van der Waals surface area contributed by atoms with E-state index in [0.29, 0.717) is 11.7 Å². The van der Waals surface area contributed by atoms with Crippen molar-refractivity contribution in [1.29, 1.82) is 0 Å². The molecule has 1 N–H and O–H groups in total. The van der Waals surface area contributed by atoms with Gasteiger partial charge in [-0.3, -0.25) is 9.59 Å². The van der Waals surface area contributed by atoms with Gasteiger partial charge in [-0.05, 0) is 36.3 Å². The van der Waals surface area contributed by atoms with Crippen LogP contribution in [0.2, 0.25) is 0 Å². The first-order valence-electron chi connectivity index (χ1n) is 10.9. The number of hydrogen-bond donors (Lipinski definition) is 1. The molecule has 2 unspecified atom stereocenters. The zero-order valence-corrected chi connectivity index (χ0v) is 18.5. The van der Waals surface area contributed by atoms with Gasteiger partial charge in [-0.1, -0.05) is 74.5 Å². The van der Waals surface area contributed by atoms with Crippen molar-refractivity contribution in [2.75, 3.05) is 5.75 Å². The molecule has 1 aliphatic heterocycles. The smallest absolute Gasteiger partial charge is 0.244 e. The predicted octanol–water partition coefficient (Wildman–Crippen LogP) is 4.62. The third kappa shape index (κ3) is 4.72. The predicted molar refractivity (Wildman–Crippen MR) is 122 cm³/mol. The molecule has 0 radical (unpaired) electrons. The molecular formula is C25H30N2O2S. The summed E-state index contributed by atoms with van der Waals surface area (Å²) in [5, 5.41) is 3.36. The van der Waals surface area contributed by atoms with Crippen LogP contribution in [0.15, 0.2) is 60.7 Å². The van der Waals surface area contributed by atoms with Gasteiger partial charge in [-0.15, -0.1) is 11.8 Å². The van der Waals surface area contributed by atoms with E-state index in [0.717, 1.165) is 30.4 Å². The largest absolute Gasteiger partial charge is 0.343 e. The minimum absolute atomic E-state index is 0.0551. The Labute approximate surface area is 183 Å². The van der Waals surface area contributed by atoms with E-state index >= 15 is 0 Å². The molecule has 2 fully saturated rings. The minimum Gasteiger partial charge on any atom is -0.343 e. The monoisotopic (exact) mass is 422 g/mol. The molecule has 4 rings (SSSR count). The van der Waals surface area contributed by atoms with Gasteiger partial charge in [-0.2, -0.15) is 0 Å². The second-order valence-electron chi connectivity index (χ2n) is 8.72. The van der Waals surface area contributed by atoms with Crippen molar-refractivity contribution in [1.82, 2.24) is 10.2 Å². The number of nitrogens with one attached hydrogen (secondary N) is 1. The maximum absolute atomic E-state index is 13.5. The number of thioether (sulfide) groups is 1. The Balaban J connectivity index is 1.57. The highest BCUT2D eigenvalue weighted by Gasteiger charge is 2.46. The van der Waals surface area contributed by atoms with Crippen LogP contribution in [0, 0.1) is 11.8 Å². The first-order chi connectivity index (χ1) is 14.5. The summed E-state index contributed by atoms with van der Waals surface area (Å²) in [7, 11) is 0. The molecule has 2 aromatic rings. The van der Waals surface area contributed by atoms with E-state index in [1.807, 2.05) is 65.6 Å². The van der Waals surface area contributed by atoms with Crippen molar-refractivity contribution < 1.29 is 9.59 Å². The van der Waals surface area contributed by atoms with Crippen molar-refractivity contribution in [3.8, 4) is 0 Å².